The highest BCUT2D eigenvalue weighted by atomic mass is 16.4. The summed E-state index contributed by atoms with van der Waals surface area (Å²) >= 11 is 0. The largest absolute Gasteiger partial charge is 0.481 e. The maximum absolute atomic E-state index is 11.9. The van der Waals surface area contributed by atoms with Crippen molar-refractivity contribution in [2.24, 2.45) is 7.05 Å². The van der Waals surface area contributed by atoms with E-state index in [0.29, 0.717) is 6.54 Å². The van der Waals surface area contributed by atoms with Crippen molar-refractivity contribution in [3.8, 4) is 0 Å². The van der Waals surface area contributed by atoms with Crippen LogP contribution in [0.2, 0.25) is 0 Å². The third-order valence-electron chi connectivity index (χ3n) is 3.78. The predicted molar refractivity (Wildman–Crippen MR) is 72.0 cm³/mol. The first kappa shape index (κ1) is 14.4. The number of carbonyl (C=O) groups is 2. The summed E-state index contributed by atoms with van der Waals surface area (Å²) in [7, 11) is 1.80. The van der Waals surface area contributed by atoms with Crippen LogP contribution in [-0.2, 0) is 18.4 Å². The van der Waals surface area contributed by atoms with Crippen LogP contribution in [0.15, 0.2) is 12.3 Å². The van der Waals surface area contributed by atoms with Gasteiger partial charge in [-0.1, -0.05) is 12.8 Å². The fourth-order valence-corrected chi connectivity index (χ4v) is 2.72. The first-order valence-electron chi connectivity index (χ1n) is 6.75. The van der Waals surface area contributed by atoms with E-state index < -0.39 is 11.5 Å². The number of aryl methyl sites for hydroxylation is 1. The van der Waals surface area contributed by atoms with Crippen molar-refractivity contribution in [3.63, 3.8) is 0 Å². The van der Waals surface area contributed by atoms with E-state index in [1.54, 1.807) is 17.9 Å². The summed E-state index contributed by atoms with van der Waals surface area (Å²) in [5.74, 6) is -0.876. The summed E-state index contributed by atoms with van der Waals surface area (Å²) in [6, 6.07) is 1.50. The first-order valence-corrected chi connectivity index (χ1v) is 6.75. The van der Waals surface area contributed by atoms with E-state index in [9.17, 15) is 9.59 Å². The van der Waals surface area contributed by atoms with E-state index in [1.807, 2.05) is 6.07 Å². The molecule has 3 N–H and O–H groups in total. The summed E-state index contributed by atoms with van der Waals surface area (Å²) < 4.78 is 1.68. The number of aliphatic carboxylic acids is 1. The molecule has 0 unspecified atom stereocenters. The van der Waals surface area contributed by atoms with Crippen LogP contribution in [0.4, 0.5) is 4.79 Å². The molecule has 0 radical (unpaired) electrons. The molecule has 0 saturated heterocycles. The molecule has 1 aromatic heterocycles. The zero-order chi connectivity index (χ0) is 14.6. The number of carboxylic acid groups (broad SMARTS) is 1. The molecule has 1 heterocycles. The molecular formula is C13H20N4O3. The monoisotopic (exact) mass is 280 g/mol. The van der Waals surface area contributed by atoms with E-state index in [2.05, 4.69) is 15.7 Å². The molecule has 1 aliphatic rings. The Morgan fingerprint density at radius 2 is 2.15 bits per heavy atom. The molecule has 0 bridgehead atoms. The zero-order valence-corrected chi connectivity index (χ0v) is 11.6. The fraction of sp³-hybridized carbons (Fsp3) is 0.615. The van der Waals surface area contributed by atoms with Gasteiger partial charge in [-0.2, -0.15) is 5.10 Å². The highest BCUT2D eigenvalue weighted by Crippen LogP contribution is 2.32. The lowest BCUT2D eigenvalue weighted by Crippen LogP contribution is -2.51. The average Bonchev–Trinajstić information content (AvgIpc) is 2.96. The van der Waals surface area contributed by atoms with Crippen molar-refractivity contribution in [3.05, 3.63) is 18.0 Å². The maximum Gasteiger partial charge on any atom is 0.315 e. The Labute approximate surface area is 117 Å². The third-order valence-corrected chi connectivity index (χ3v) is 3.78. The molecule has 0 spiro atoms. The van der Waals surface area contributed by atoms with Crippen LogP contribution >= 0.6 is 0 Å². The van der Waals surface area contributed by atoms with E-state index in [-0.39, 0.29) is 12.5 Å². The number of carboxylic acids is 1. The molecule has 7 heteroatoms. The van der Waals surface area contributed by atoms with Crippen LogP contribution in [0.5, 0.6) is 0 Å². The quantitative estimate of drug-likeness (QED) is 0.750. The predicted octanol–water partition coefficient (Wildman–Crippen LogP) is 1.01. The highest BCUT2D eigenvalue weighted by molar-refractivity contribution is 5.76. The van der Waals surface area contributed by atoms with Gasteiger partial charge in [0, 0.05) is 13.2 Å². The summed E-state index contributed by atoms with van der Waals surface area (Å²) in [4.78, 5) is 22.9. The van der Waals surface area contributed by atoms with Crippen molar-refractivity contribution in [1.82, 2.24) is 20.4 Å². The van der Waals surface area contributed by atoms with Crippen molar-refractivity contribution >= 4 is 12.0 Å². The van der Waals surface area contributed by atoms with Crippen molar-refractivity contribution in [2.75, 3.05) is 0 Å². The van der Waals surface area contributed by atoms with Gasteiger partial charge in [0.2, 0.25) is 0 Å². The molecule has 110 valence electrons. The smallest absolute Gasteiger partial charge is 0.315 e. The topological polar surface area (TPSA) is 96.3 Å². The highest BCUT2D eigenvalue weighted by Gasteiger charge is 2.37. The lowest BCUT2D eigenvalue weighted by Gasteiger charge is -2.28. The zero-order valence-electron chi connectivity index (χ0n) is 11.6. The normalized spacial score (nSPS) is 16.9. The van der Waals surface area contributed by atoms with Crippen LogP contribution in [0, 0.1) is 0 Å². The molecule has 0 aromatic carbocycles. The van der Waals surface area contributed by atoms with Gasteiger partial charge in [-0.15, -0.1) is 0 Å². The van der Waals surface area contributed by atoms with Gasteiger partial charge in [0.1, 0.15) is 0 Å². The van der Waals surface area contributed by atoms with E-state index >= 15 is 0 Å². The number of hydrogen-bond acceptors (Lipinski definition) is 3. The lowest BCUT2D eigenvalue weighted by atomic mass is 9.93. The van der Waals surface area contributed by atoms with Gasteiger partial charge in [0.15, 0.2) is 0 Å². The van der Waals surface area contributed by atoms with Gasteiger partial charge in [-0.3, -0.25) is 9.48 Å². The van der Waals surface area contributed by atoms with Crippen LogP contribution < -0.4 is 10.6 Å². The molecule has 7 nitrogen and oxygen atoms in total. The molecule has 2 rings (SSSR count). The molecule has 1 aliphatic carbocycles. The third kappa shape index (κ3) is 3.49. The summed E-state index contributed by atoms with van der Waals surface area (Å²) in [6.45, 7) is 0.367. The number of nitrogens with zero attached hydrogens (tertiary/aromatic N) is 2. The minimum atomic E-state index is -0.876. The summed E-state index contributed by atoms with van der Waals surface area (Å²) in [5.41, 5.74) is 0.293. The van der Waals surface area contributed by atoms with Crippen molar-refractivity contribution in [2.45, 2.75) is 44.2 Å². The lowest BCUT2D eigenvalue weighted by molar-refractivity contribution is -0.138. The van der Waals surface area contributed by atoms with Gasteiger partial charge in [0.05, 0.1) is 24.2 Å². The molecular weight excluding hydrogens is 260 g/mol. The fourth-order valence-electron chi connectivity index (χ4n) is 2.72. The molecule has 1 fully saturated rings. The van der Waals surface area contributed by atoms with Gasteiger partial charge in [-0.05, 0) is 18.9 Å². The average molecular weight is 280 g/mol. The number of nitrogens with one attached hydrogen (secondary N) is 2. The first-order chi connectivity index (χ1) is 9.51. The van der Waals surface area contributed by atoms with E-state index in [0.717, 1.165) is 31.4 Å². The van der Waals surface area contributed by atoms with Crippen LogP contribution in [0.3, 0.4) is 0 Å². The number of urea groups is 1. The Hall–Kier alpha value is -2.05. The van der Waals surface area contributed by atoms with Gasteiger partial charge < -0.3 is 15.7 Å². The van der Waals surface area contributed by atoms with E-state index in [4.69, 9.17) is 5.11 Å². The molecule has 1 aromatic rings. The number of amides is 2. The second-order valence-corrected chi connectivity index (χ2v) is 5.31. The van der Waals surface area contributed by atoms with Crippen LogP contribution in [0.1, 0.15) is 37.8 Å². The SMILES string of the molecule is Cn1nccc1CNC(=O)NC1(CC(=O)O)CCCC1. The molecule has 1 saturated carbocycles. The summed E-state index contributed by atoms with van der Waals surface area (Å²) in [5, 5.41) is 18.6. The van der Waals surface area contributed by atoms with Crippen LogP contribution in [0.25, 0.3) is 0 Å². The second-order valence-electron chi connectivity index (χ2n) is 5.31. The Kier molecular flexibility index (Phi) is 4.26. The van der Waals surface area contributed by atoms with Crippen molar-refractivity contribution < 1.29 is 14.7 Å². The minimum Gasteiger partial charge on any atom is -0.481 e. The molecule has 0 aliphatic heterocycles. The standard InChI is InChI=1S/C13H20N4O3/c1-17-10(4-7-15-17)9-14-12(20)16-13(8-11(18)19)5-2-3-6-13/h4,7H,2-3,5-6,8-9H2,1H3,(H,18,19)(H2,14,16,20). The Balaban J connectivity index is 1.89. The van der Waals surface area contributed by atoms with Crippen molar-refractivity contribution in [1.29, 1.82) is 0 Å². The Morgan fingerprint density at radius 3 is 2.70 bits per heavy atom. The molecule has 20 heavy (non-hydrogen) atoms. The second kappa shape index (κ2) is 5.94. The summed E-state index contributed by atoms with van der Waals surface area (Å²) in [6.07, 6.45) is 4.99. The maximum atomic E-state index is 11.9. The number of aromatic nitrogens is 2. The van der Waals surface area contributed by atoms with Gasteiger partial charge in [-0.25, -0.2) is 4.79 Å². The molecule has 2 amide bonds. The van der Waals surface area contributed by atoms with Gasteiger partial charge in [0.25, 0.3) is 0 Å². The van der Waals surface area contributed by atoms with Gasteiger partial charge >= 0.3 is 12.0 Å². The van der Waals surface area contributed by atoms with E-state index in [1.165, 1.54) is 0 Å². The number of hydrogen-bond donors (Lipinski definition) is 3. The Bertz CT molecular complexity index is 492. The minimum absolute atomic E-state index is 0.0217. The molecule has 0 atom stereocenters. The Morgan fingerprint density at radius 1 is 1.45 bits per heavy atom. The number of carbonyl (C=O) groups excluding carboxylic acids is 1. The van der Waals surface area contributed by atoms with Crippen LogP contribution in [-0.4, -0.2) is 32.4 Å². The number of rotatable bonds is 5.